The summed E-state index contributed by atoms with van der Waals surface area (Å²) in [7, 11) is 0. The molecule has 3 aromatic rings. The normalized spacial score (nSPS) is 12.9. The molecule has 0 aliphatic rings. The number of alkyl halides is 3. The maximum Gasteiger partial charge on any atom is 0.389 e. The number of pyridine rings is 1. The summed E-state index contributed by atoms with van der Waals surface area (Å²) in [6.45, 7) is 6.46. The van der Waals surface area contributed by atoms with Crippen molar-refractivity contribution in [3.63, 3.8) is 0 Å². The van der Waals surface area contributed by atoms with Crippen LogP contribution in [0.2, 0.25) is 0 Å². The van der Waals surface area contributed by atoms with Crippen molar-refractivity contribution < 1.29 is 22.7 Å². The minimum Gasteiger partial charge on any atom is -0.484 e. The minimum absolute atomic E-state index is 0.0560. The number of rotatable bonds is 8. The first-order chi connectivity index (χ1) is 15.9. The number of carbonyl (C=O) groups is 1. The highest BCUT2D eigenvalue weighted by Gasteiger charge is 2.27. The maximum absolute atomic E-state index is 12.7. The Bertz CT molecular complexity index is 1090. The number of hydrogen-bond donors (Lipinski definition) is 1. The average molecular weight is 471 g/mol. The molecule has 180 valence electrons. The van der Waals surface area contributed by atoms with Crippen LogP contribution in [0.1, 0.15) is 67.6 Å². The Hall–Kier alpha value is -3.35. The molecule has 1 heterocycles. The van der Waals surface area contributed by atoms with Crippen LogP contribution in [-0.2, 0) is 5.41 Å². The van der Waals surface area contributed by atoms with E-state index in [1.165, 1.54) is 5.56 Å². The molecular formula is C27H29F3N2O2. The highest BCUT2D eigenvalue weighted by molar-refractivity contribution is 5.92. The molecule has 1 aromatic heterocycles. The Morgan fingerprint density at radius 2 is 1.62 bits per heavy atom. The van der Waals surface area contributed by atoms with Crippen molar-refractivity contribution in [2.75, 3.05) is 0 Å². The lowest BCUT2D eigenvalue weighted by Gasteiger charge is -2.20. The van der Waals surface area contributed by atoms with E-state index in [0.717, 1.165) is 11.3 Å². The van der Waals surface area contributed by atoms with Gasteiger partial charge in [0.05, 0.1) is 11.9 Å². The van der Waals surface area contributed by atoms with E-state index in [1.807, 2.05) is 18.2 Å². The number of nitrogens with zero attached hydrogens (tertiary/aromatic N) is 1. The first-order valence-corrected chi connectivity index (χ1v) is 11.1. The smallest absolute Gasteiger partial charge is 0.389 e. The molecule has 0 aliphatic carbocycles. The number of benzene rings is 2. The van der Waals surface area contributed by atoms with Gasteiger partial charge in [-0.15, -0.1) is 0 Å². The predicted octanol–water partition coefficient (Wildman–Crippen LogP) is 7.00. The summed E-state index contributed by atoms with van der Waals surface area (Å²) in [5.41, 5.74) is 9.27. The van der Waals surface area contributed by atoms with Crippen LogP contribution in [0.4, 0.5) is 13.2 Å². The van der Waals surface area contributed by atoms with E-state index in [4.69, 9.17) is 10.5 Å². The van der Waals surface area contributed by atoms with Crippen molar-refractivity contribution in [2.45, 2.75) is 57.7 Å². The number of halogens is 3. The van der Waals surface area contributed by atoms with Crippen LogP contribution in [0.15, 0.2) is 66.9 Å². The van der Waals surface area contributed by atoms with Crippen molar-refractivity contribution in [2.24, 2.45) is 5.73 Å². The van der Waals surface area contributed by atoms with Crippen molar-refractivity contribution in [3.05, 3.63) is 83.6 Å². The SMILES string of the molecule is CC(C)(C)c1ccc(-c2ccc(OC(CCCC(F)(F)F)c3ccc(C(N)=O)cc3)cn2)cc1. The predicted molar refractivity (Wildman–Crippen MR) is 127 cm³/mol. The van der Waals surface area contributed by atoms with Crippen LogP contribution in [0, 0.1) is 0 Å². The number of carbonyl (C=O) groups excluding carboxylic acids is 1. The lowest BCUT2D eigenvalue weighted by Crippen LogP contribution is -2.13. The molecule has 1 unspecified atom stereocenters. The van der Waals surface area contributed by atoms with Gasteiger partial charge in [0.2, 0.25) is 5.91 Å². The lowest BCUT2D eigenvalue weighted by atomic mass is 9.86. The molecule has 7 heteroatoms. The molecule has 4 nitrogen and oxygen atoms in total. The molecule has 2 N–H and O–H groups in total. The molecule has 0 bridgehead atoms. The van der Waals surface area contributed by atoms with Gasteiger partial charge in [-0.3, -0.25) is 9.78 Å². The summed E-state index contributed by atoms with van der Waals surface area (Å²) in [6, 6.07) is 18.2. The van der Waals surface area contributed by atoms with Crippen LogP contribution in [0.5, 0.6) is 5.75 Å². The molecule has 0 saturated carbocycles. The largest absolute Gasteiger partial charge is 0.484 e. The van der Waals surface area contributed by atoms with Crippen molar-refractivity contribution in [1.29, 1.82) is 0 Å². The molecular weight excluding hydrogens is 441 g/mol. The second kappa shape index (κ2) is 10.3. The molecule has 1 atom stereocenters. The maximum atomic E-state index is 12.7. The van der Waals surface area contributed by atoms with Gasteiger partial charge >= 0.3 is 6.18 Å². The van der Waals surface area contributed by atoms with Crippen LogP contribution >= 0.6 is 0 Å². The average Bonchev–Trinajstić information content (AvgIpc) is 2.78. The Morgan fingerprint density at radius 3 is 2.12 bits per heavy atom. The monoisotopic (exact) mass is 470 g/mol. The van der Waals surface area contributed by atoms with E-state index < -0.39 is 24.6 Å². The van der Waals surface area contributed by atoms with E-state index in [2.05, 4.69) is 37.9 Å². The third-order valence-corrected chi connectivity index (χ3v) is 5.55. The zero-order valence-corrected chi connectivity index (χ0v) is 19.5. The van der Waals surface area contributed by atoms with Crippen LogP contribution in [-0.4, -0.2) is 17.1 Å². The quantitative estimate of drug-likeness (QED) is 0.386. The minimum atomic E-state index is -4.23. The van der Waals surface area contributed by atoms with Crippen molar-refractivity contribution in [3.8, 4) is 17.0 Å². The zero-order valence-electron chi connectivity index (χ0n) is 19.5. The summed E-state index contributed by atoms with van der Waals surface area (Å²) in [5.74, 6) is -0.123. The van der Waals surface area contributed by atoms with Crippen LogP contribution in [0.3, 0.4) is 0 Å². The fraction of sp³-hybridized carbons (Fsp3) is 0.333. The Labute approximate surface area is 198 Å². The van der Waals surface area contributed by atoms with E-state index >= 15 is 0 Å². The molecule has 0 aliphatic heterocycles. The number of hydrogen-bond acceptors (Lipinski definition) is 3. The molecule has 2 aromatic carbocycles. The summed E-state index contributed by atoms with van der Waals surface area (Å²) < 4.78 is 44.0. The number of amides is 1. The van der Waals surface area contributed by atoms with E-state index in [9.17, 15) is 18.0 Å². The number of nitrogens with two attached hydrogens (primary N) is 1. The van der Waals surface area contributed by atoms with Gasteiger partial charge in [-0.2, -0.15) is 13.2 Å². The second-order valence-electron chi connectivity index (χ2n) is 9.31. The molecule has 0 fully saturated rings. The van der Waals surface area contributed by atoms with Gasteiger partial charge in [-0.05, 0) is 53.6 Å². The Kier molecular flexibility index (Phi) is 7.64. The van der Waals surface area contributed by atoms with Gasteiger partial charge in [0.1, 0.15) is 11.9 Å². The number of primary amides is 1. The van der Waals surface area contributed by atoms with E-state index in [-0.39, 0.29) is 18.3 Å². The van der Waals surface area contributed by atoms with Gasteiger partial charge in [-0.25, -0.2) is 0 Å². The molecule has 34 heavy (non-hydrogen) atoms. The fourth-order valence-corrected chi connectivity index (χ4v) is 3.57. The molecule has 0 saturated heterocycles. The van der Waals surface area contributed by atoms with Gasteiger partial charge < -0.3 is 10.5 Å². The van der Waals surface area contributed by atoms with Gasteiger partial charge in [0, 0.05) is 17.5 Å². The van der Waals surface area contributed by atoms with Crippen LogP contribution in [0.25, 0.3) is 11.3 Å². The Morgan fingerprint density at radius 1 is 0.971 bits per heavy atom. The molecule has 0 radical (unpaired) electrons. The third-order valence-electron chi connectivity index (χ3n) is 5.55. The Balaban J connectivity index is 1.76. The lowest BCUT2D eigenvalue weighted by molar-refractivity contribution is -0.136. The van der Waals surface area contributed by atoms with E-state index in [1.54, 1.807) is 36.5 Å². The summed E-state index contributed by atoms with van der Waals surface area (Å²) in [4.78, 5) is 15.8. The summed E-state index contributed by atoms with van der Waals surface area (Å²) in [5, 5.41) is 0. The molecule has 1 amide bonds. The first kappa shape index (κ1) is 25.3. The summed E-state index contributed by atoms with van der Waals surface area (Å²) in [6.07, 6.45) is -4.10. The number of aromatic nitrogens is 1. The fourth-order valence-electron chi connectivity index (χ4n) is 3.57. The standard InChI is InChI=1S/C27H29F3N2O2/c1-26(2,3)21-12-10-18(11-13-21)23-15-14-22(17-32-23)34-24(5-4-16-27(28,29)30)19-6-8-20(9-7-19)25(31)33/h6-15,17,24H,4-5,16H2,1-3H3,(H2,31,33). The highest BCUT2D eigenvalue weighted by Crippen LogP contribution is 2.31. The van der Waals surface area contributed by atoms with Crippen molar-refractivity contribution in [1.82, 2.24) is 4.98 Å². The third kappa shape index (κ3) is 7.07. The number of ether oxygens (including phenoxy) is 1. The first-order valence-electron chi connectivity index (χ1n) is 11.1. The van der Waals surface area contributed by atoms with Gasteiger partial charge in [0.15, 0.2) is 0 Å². The second-order valence-corrected chi connectivity index (χ2v) is 9.31. The topological polar surface area (TPSA) is 65.2 Å². The van der Waals surface area contributed by atoms with E-state index in [0.29, 0.717) is 16.9 Å². The van der Waals surface area contributed by atoms with Gasteiger partial charge in [-0.1, -0.05) is 57.2 Å². The highest BCUT2D eigenvalue weighted by atomic mass is 19.4. The van der Waals surface area contributed by atoms with Crippen LogP contribution < -0.4 is 10.5 Å². The zero-order chi connectivity index (χ0) is 24.9. The van der Waals surface area contributed by atoms with Crippen molar-refractivity contribution >= 4 is 5.91 Å². The molecule has 0 spiro atoms. The molecule has 3 rings (SSSR count). The van der Waals surface area contributed by atoms with Gasteiger partial charge in [0.25, 0.3) is 0 Å². The summed E-state index contributed by atoms with van der Waals surface area (Å²) >= 11 is 0.